The molecule has 1 aromatic rings. The Kier molecular flexibility index (Phi) is 16.7. The average Bonchev–Trinajstić information content (AvgIpc) is 3.20. The molecule has 1 unspecified atom stereocenters. The molecule has 3 fully saturated rings. The van der Waals surface area contributed by atoms with E-state index >= 15 is 0 Å². The number of fused-ring (bicyclic) bond motifs is 5. The molecule has 0 saturated carbocycles. The molecule has 3 aliphatic heterocycles. The fraction of sp³-hybridized carbons (Fsp3) is 0.727. The number of aliphatic hydroxyl groups excluding tert-OH is 1. The summed E-state index contributed by atoms with van der Waals surface area (Å²) in [6.07, 6.45) is -5.22. The fourth-order valence-electron chi connectivity index (χ4n) is 8.81. The molecule has 0 aromatic heterocycles. The van der Waals surface area contributed by atoms with Crippen molar-refractivity contribution in [2.45, 2.75) is 142 Å². The molecule has 4 rings (SSSR count). The first-order valence-electron chi connectivity index (χ1n) is 21.0. The van der Waals surface area contributed by atoms with Crippen molar-refractivity contribution in [1.29, 1.82) is 0 Å². The van der Waals surface area contributed by atoms with E-state index in [-0.39, 0.29) is 56.4 Å². The van der Waals surface area contributed by atoms with Gasteiger partial charge in [-0.1, -0.05) is 45.0 Å². The standard InChI is InChI=1S/C44H68N4O12/c1-14-34-44(9,54)39-26(4)35(45-29(7)49)24(2)20-43(8,56-23-32(22-55-39)46-57-21-30-15-17-31(18-16-30)40(52)48(12)13)38(27(5)36(50)28(6)41(53)59-34)60-42-37(51)33(47(10)11)19-25(3)58-42/h15-18,24-28,33-34,37-39,42,51,54H,14,19-23H2,1-13H3/b45-35?,46-32-/t24-,25-,26+,27+,28-,33+,34-,37-,38-,39-,42+,43?,44-/m1/s1. The van der Waals surface area contributed by atoms with Gasteiger partial charge in [-0.25, -0.2) is 4.99 Å². The number of ketones is 1. The van der Waals surface area contributed by atoms with E-state index < -0.39 is 83.2 Å². The zero-order valence-electron chi connectivity index (χ0n) is 37.7. The van der Waals surface area contributed by atoms with Crippen LogP contribution in [0.25, 0.3) is 0 Å². The van der Waals surface area contributed by atoms with Crippen LogP contribution < -0.4 is 0 Å². The van der Waals surface area contributed by atoms with Gasteiger partial charge < -0.3 is 48.5 Å². The first kappa shape index (κ1) is 49.0. The van der Waals surface area contributed by atoms with E-state index in [9.17, 15) is 29.4 Å². The zero-order chi connectivity index (χ0) is 44.9. The number of aliphatic imine (C=N–C) groups is 1. The number of benzene rings is 1. The van der Waals surface area contributed by atoms with Crippen molar-refractivity contribution in [2.75, 3.05) is 41.4 Å². The summed E-state index contributed by atoms with van der Waals surface area (Å²) in [6.45, 7) is 14.6. The van der Waals surface area contributed by atoms with Gasteiger partial charge in [0.25, 0.3) is 5.91 Å². The highest BCUT2D eigenvalue weighted by Crippen LogP contribution is 2.40. The van der Waals surface area contributed by atoms with Crippen LogP contribution in [-0.4, -0.2) is 150 Å². The fourth-order valence-corrected chi connectivity index (χ4v) is 8.81. The Balaban J connectivity index is 1.90. The van der Waals surface area contributed by atoms with Gasteiger partial charge in [-0.05, 0) is 84.7 Å². The van der Waals surface area contributed by atoms with E-state index in [2.05, 4.69) is 10.1 Å². The first-order chi connectivity index (χ1) is 28.0. The molecule has 16 heteroatoms. The molecule has 3 saturated heterocycles. The van der Waals surface area contributed by atoms with Crippen molar-refractivity contribution in [3.8, 4) is 0 Å². The second-order valence-electron chi connectivity index (χ2n) is 17.7. The van der Waals surface area contributed by atoms with Crippen molar-refractivity contribution in [3.05, 3.63) is 35.4 Å². The van der Waals surface area contributed by atoms with Crippen molar-refractivity contribution in [3.63, 3.8) is 0 Å². The smallest absolute Gasteiger partial charge is 0.316 e. The largest absolute Gasteiger partial charge is 0.459 e. The molecule has 3 heterocycles. The lowest BCUT2D eigenvalue weighted by atomic mass is 9.73. The first-order valence-corrected chi connectivity index (χ1v) is 21.0. The second kappa shape index (κ2) is 20.5. The third-order valence-corrected chi connectivity index (χ3v) is 12.2. The molecule has 2 amide bonds. The van der Waals surface area contributed by atoms with Crippen molar-refractivity contribution in [2.24, 2.45) is 33.8 Å². The number of ether oxygens (including phenoxy) is 5. The summed E-state index contributed by atoms with van der Waals surface area (Å²) < 4.78 is 32.4. The average molecular weight is 845 g/mol. The van der Waals surface area contributed by atoms with E-state index in [0.717, 1.165) is 5.56 Å². The van der Waals surface area contributed by atoms with Gasteiger partial charge in [-0.3, -0.25) is 19.2 Å². The SMILES string of the molecule is CC[C@H]1OC(=O)[C@H](C)C(=O)[C@H](C)[C@@H](O[C@@H]2O[C@H](C)C[C@H](N(C)C)[C@H]2O)C2(C)C[C@@H](C)C(=NC(C)=O)[C@H](C)[C@@H](OC/C(=N/OCc3ccc(C(=O)N(C)C)cc3)CO2)[C@]1(C)O. The van der Waals surface area contributed by atoms with E-state index in [1.54, 1.807) is 66.1 Å². The van der Waals surface area contributed by atoms with Crippen LogP contribution in [0.5, 0.6) is 0 Å². The molecule has 1 aromatic carbocycles. The number of hydrogen-bond donors (Lipinski definition) is 2. The van der Waals surface area contributed by atoms with E-state index in [1.165, 1.54) is 25.7 Å². The van der Waals surface area contributed by atoms with Crippen molar-refractivity contribution >= 4 is 35.0 Å². The number of amides is 2. The van der Waals surface area contributed by atoms with Crippen LogP contribution in [0.2, 0.25) is 0 Å². The lowest BCUT2D eigenvalue weighted by Gasteiger charge is -2.47. The normalized spacial score (nSPS) is 37.5. The molecule has 0 radical (unpaired) electrons. The van der Waals surface area contributed by atoms with Crippen LogP contribution in [0.3, 0.4) is 0 Å². The number of oxime groups is 1. The lowest BCUT2D eigenvalue weighted by molar-refractivity contribution is -0.296. The Bertz CT molecular complexity index is 1730. The van der Waals surface area contributed by atoms with E-state index in [0.29, 0.717) is 17.7 Å². The number of esters is 1. The number of likely N-dealkylation sites (N-methyl/N-ethyl adjacent to an activating group) is 1. The summed E-state index contributed by atoms with van der Waals surface area (Å²) in [7, 11) is 7.07. The molecule has 2 N–H and O–H groups in total. The van der Waals surface area contributed by atoms with Crippen LogP contribution in [-0.2, 0) is 49.5 Å². The Morgan fingerprint density at radius 3 is 2.22 bits per heavy atom. The molecule has 0 aliphatic carbocycles. The number of cyclic esters (lactones) is 1. The predicted octanol–water partition coefficient (Wildman–Crippen LogP) is 3.82. The molecule has 0 spiro atoms. The van der Waals surface area contributed by atoms with Gasteiger partial charge in [-0.2, -0.15) is 0 Å². The summed E-state index contributed by atoms with van der Waals surface area (Å²) in [5.74, 6) is -5.54. The highest BCUT2D eigenvalue weighted by atomic mass is 16.7. The quantitative estimate of drug-likeness (QED) is 0.218. The Morgan fingerprint density at radius 1 is 0.983 bits per heavy atom. The summed E-state index contributed by atoms with van der Waals surface area (Å²) in [4.78, 5) is 67.4. The third kappa shape index (κ3) is 11.4. The highest BCUT2D eigenvalue weighted by molar-refractivity contribution is 6.00. The Hall–Kier alpha value is -3.64. The number of carbonyl (C=O) groups excluding carboxylic acids is 4. The number of hydrogen-bond acceptors (Lipinski definition) is 14. The summed E-state index contributed by atoms with van der Waals surface area (Å²) >= 11 is 0. The van der Waals surface area contributed by atoms with Crippen LogP contribution in [0, 0.1) is 23.7 Å². The van der Waals surface area contributed by atoms with Gasteiger partial charge in [0.2, 0.25) is 5.91 Å². The molecule has 3 aliphatic rings. The molecule has 336 valence electrons. The minimum atomic E-state index is -1.87. The highest BCUT2D eigenvalue weighted by Gasteiger charge is 2.53. The van der Waals surface area contributed by atoms with Gasteiger partial charge in [0, 0.05) is 50.2 Å². The summed E-state index contributed by atoms with van der Waals surface area (Å²) in [5.41, 5.74) is -1.35. The number of carbonyl (C=O) groups is 4. The monoisotopic (exact) mass is 844 g/mol. The van der Waals surface area contributed by atoms with Crippen molar-refractivity contribution in [1.82, 2.24) is 9.80 Å². The summed E-state index contributed by atoms with van der Waals surface area (Å²) in [6, 6.07) is 6.61. The molecule has 13 atom stereocenters. The Morgan fingerprint density at radius 2 is 1.63 bits per heavy atom. The third-order valence-electron chi connectivity index (χ3n) is 12.2. The molecule has 2 bridgehead atoms. The van der Waals surface area contributed by atoms with Gasteiger partial charge in [0.1, 0.15) is 36.0 Å². The van der Waals surface area contributed by atoms with E-state index in [1.807, 2.05) is 32.8 Å². The number of rotatable bonds is 8. The van der Waals surface area contributed by atoms with Gasteiger partial charge >= 0.3 is 5.97 Å². The lowest BCUT2D eigenvalue weighted by Crippen LogP contribution is -2.60. The minimum absolute atomic E-state index is 0.0341. The van der Waals surface area contributed by atoms with E-state index in [4.69, 9.17) is 28.5 Å². The van der Waals surface area contributed by atoms with Crippen molar-refractivity contribution < 1.29 is 57.9 Å². The topological polar surface area (TPSA) is 195 Å². The maximum Gasteiger partial charge on any atom is 0.316 e. The number of nitrogens with zero attached hydrogens (tertiary/aromatic N) is 4. The van der Waals surface area contributed by atoms with Gasteiger partial charge in [0.15, 0.2) is 12.1 Å². The minimum Gasteiger partial charge on any atom is -0.459 e. The van der Waals surface area contributed by atoms with Crippen LogP contribution in [0.1, 0.15) is 97.5 Å². The van der Waals surface area contributed by atoms with Gasteiger partial charge in [-0.15, -0.1) is 0 Å². The van der Waals surface area contributed by atoms with Crippen LogP contribution in [0.4, 0.5) is 0 Å². The molecule has 16 nitrogen and oxygen atoms in total. The van der Waals surface area contributed by atoms with Gasteiger partial charge in [0.05, 0.1) is 37.1 Å². The number of aliphatic hydroxyl groups is 2. The maximum absolute atomic E-state index is 14.5. The molecular formula is C44H68N4O12. The second-order valence-corrected chi connectivity index (χ2v) is 17.7. The van der Waals surface area contributed by atoms with Crippen LogP contribution >= 0.6 is 0 Å². The van der Waals surface area contributed by atoms with Crippen LogP contribution in [0.15, 0.2) is 34.4 Å². The zero-order valence-corrected chi connectivity index (χ0v) is 37.7. The maximum atomic E-state index is 14.5. The molecule has 60 heavy (non-hydrogen) atoms. The number of Topliss-reactive ketones (excluding diaryl/α,β-unsaturated/α-hetero) is 1. The molecular weight excluding hydrogens is 776 g/mol. The Labute approximate surface area is 354 Å². The predicted molar refractivity (Wildman–Crippen MR) is 223 cm³/mol. The summed E-state index contributed by atoms with van der Waals surface area (Å²) in [5, 5.41) is 28.5.